The van der Waals surface area contributed by atoms with Gasteiger partial charge in [-0.2, -0.15) is 4.68 Å². The summed E-state index contributed by atoms with van der Waals surface area (Å²) in [5.41, 5.74) is 0.471. The largest absolute Gasteiger partial charge is 0.459 e. The highest BCUT2D eigenvalue weighted by Gasteiger charge is 2.16. The van der Waals surface area contributed by atoms with Crippen LogP contribution in [0.3, 0.4) is 0 Å². The molecule has 4 aromatic rings. The molecule has 1 amide bonds. The molecule has 2 heterocycles. The summed E-state index contributed by atoms with van der Waals surface area (Å²) in [4.78, 5) is 24.3. The molecule has 4 rings (SSSR count). The number of anilines is 1. The van der Waals surface area contributed by atoms with Gasteiger partial charge in [0.25, 0.3) is 5.89 Å². The van der Waals surface area contributed by atoms with Crippen LogP contribution in [0, 0.1) is 0 Å². The van der Waals surface area contributed by atoms with Gasteiger partial charge >= 0.3 is 5.76 Å². The zero-order valence-corrected chi connectivity index (χ0v) is 14.6. The number of furan rings is 1. The first-order valence-electron chi connectivity index (χ1n) is 8.42. The third-order valence-electron chi connectivity index (χ3n) is 3.76. The Bertz CT molecular complexity index is 1130. The van der Waals surface area contributed by atoms with E-state index in [-0.39, 0.29) is 12.4 Å². The molecule has 2 aromatic heterocycles. The maximum absolute atomic E-state index is 12.4. The van der Waals surface area contributed by atoms with Crippen LogP contribution in [0.4, 0.5) is 5.69 Å². The smallest absolute Gasteiger partial charge is 0.437 e. The Balaban J connectivity index is 1.48. The highest BCUT2D eigenvalue weighted by atomic mass is 16.5. The number of carbonyl (C=O) groups excluding carboxylic acids is 1. The Labute approximate surface area is 159 Å². The van der Waals surface area contributed by atoms with Crippen LogP contribution in [0.2, 0.25) is 0 Å². The molecular weight excluding hydrogens is 362 g/mol. The van der Waals surface area contributed by atoms with Crippen molar-refractivity contribution < 1.29 is 18.4 Å². The average molecular weight is 377 g/mol. The molecule has 0 saturated heterocycles. The fourth-order valence-corrected chi connectivity index (χ4v) is 2.51. The lowest BCUT2D eigenvalue weighted by Gasteiger charge is -2.11. The molecular formula is C20H15N3O5. The van der Waals surface area contributed by atoms with E-state index >= 15 is 0 Å². The van der Waals surface area contributed by atoms with E-state index in [1.807, 2.05) is 30.3 Å². The molecule has 0 aliphatic rings. The van der Waals surface area contributed by atoms with Crippen LogP contribution < -0.4 is 15.8 Å². The zero-order valence-electron chi connectivity index (χ0n) is 14.6. The normalized spacial score (nSPS) is 10.6. The van der Waals surface area contributed by atoms with Gasteiger partial charge in [0, 0.05) is 0 Å². The molecule has 0 aliphatic carbocycles. The summed E-state index contributed by atoms with van der Waals surface area (Å²) in [5.74, 6) is 0.222. The summed E-state index contributed by atoms with van der Waals surface area (Å²) in [6, 6.07) is 19.5. The lowest BCUT2D eigenvalue weighted by atomic mass is 10.3. The zero-order chi connectivity index (χ0) is 19.3. The first-order valence-corrected chi connectivity index (χ1v) is 8.42. The quantitative estimate of drug-likeness (QED) is 0.552. The fourth-order valence-electron chi connectivity index (χ4n) is 2.51. The molecule has 0 bridgehead atoms. The van der Waals surface area contributed by atoms with Crippen LogP contribution in [-0.4, -0.2) is 15.7 Å². The van der Waals surface area contributed by atoms with Crippen molar-refractivity contribution in [2.24, 2.45) is 0 Å². The van der Waals surface area contributed by atoms with Gasteiger partial charge in [0.15, 0.2) is 11.5 Å². The van der Waals surface area contributed by atoms with Gasteiger partial charge in [-0.25, -0.2) is 4.79 Å². The van der Waals surface area contributed by atoms with Gasteiger partial charge in [0.2, 0.25) is 5.91 Å². The minimum atomic E-state index is -0.754. The van der Waals surface area contributed by atoms with E-state index in [2.05, 4.69) is 10.4 Å². The second-order valence-corrected chi connectivity index (χ2v) is 5.77. The topological polar surface area (TPSA) is 99.5 Å². The summed E-state index contributed by atoms with van der Waals surface area (Å²) in [6.45, 7) is -0.317. The number of para-hydroxylation sites is 3. The number of carbonyl (C=O) groups is 1. The van der Waals surface area contributed by atoms with Gasteiger partial charge in [0.1, 0.15) is 12.3 Å². The summed E-state index contributed by atoms with van der Waals surface area (Å²) in [5, 5.41) is 6.70. The van der Waals surface area contributed by atoms with Crippen LogP contribution >= 0.6 is 0 Å². The molecule has 0 spiro atoms. The summed E-state index contributed by atoms with van der Waals surface area (Å²) in [6.07, 6.45) is 1.44. The van der Waals surface area contributed by atoms with Crippen molar-refractivity contribution in [3.63, 3.8) is 0 Å². The third kappa shape index (κ3) is 3.85. The molecule has 1 N–H and O–H groups in total. The van der Waals surface area contributed by atoms with E-state index < -0.39 is 11.7 Å². The second-order valence-electron chi connectivity index (χ2n) is 5.77. The van der Waals surface area contributed by atoms with Crippen LogP contribution in [0.1, 0.15) is 0 Å². The van der Waals surface area contributed by atoms with Crippen LogP contribution in [0.5, 0.6) is 11.5 Å². The molecule has 8 nitrogen and oxygen atoms in total. The van der Waals surface area contributed by atoms with Gasteiger partial charge in [-0.15, -0.1) is 5.10 Å². The monoisotopic (exact) mass is 377 g/mol. The molecule has 0 saturated carbocycles. The van der Waals surface area contributed by atoms with Gasteiger partial charge in [-0.3, -0.25) is 4.79 Å². The molecule has 0 radical (unpaired) electrons. The Morgan fingerprint density at radius 3 is 2.61 bits per heavy atom. The Morgan fingerprint density at radius 1 is 1.04 bits per heavy atom. The van der Waals surface area contributed by atoms with Crippen molar-refractivity contribution in [2.75, 3.05) is 5.32 Å². The molecule has 0 aliphatic heterocycles. The number of rotatable bonds is 6. The molecule has 0 atom stereocenters. The van der Waals surface area contributed by atoms with Crippen LogP contribution in [0.15, 0.2) is 86.6 Å². The van der Waals surface area contributed by atoms with Crippen molar-refractivity contribution in [3.05, 3.63) is 83.5 Å². The van der Waals surface area contributed by atoms with Gasteiger partial charge in [-0.05, 0) is 36.4 Å². The standard InChI is InChI=1S/C20H15N3O5/c24-18(13-23-20(25)28-19(22-23)17-11-6-12-26-17)21-15-9-4-5-10-16(15)27-14-7-2-1-3-8-14/h1-12H,13H2,(H,21,24). The minimum Gasteiger partial charge on any atom is -0.459 e. The van der Waals surface area contributed by atoms with Gasteiger partial charge in [-0.1, -0.05) is 30.3 Å². The van der Waals surface area contributed by atoms with Crippen LogP contribution in [-0.2, 0) is 11.3 Å². The molecule has 8 heteroatoms. The molecule has 0 fully saturated rings. The highest BCUT2D eigenvalue weighted by molar-refractivity contribution is 5.92. The van der Waals surface area contributed by atoms with E-state index in [9.17, 15) is 9.59 Å². The van der Waals surface area contributed by atoms with E-state index in [1.54, 1.807) is 36.4 Å². The van der Waals surface area contributed by atoms with Crippen molar-refractivity contribution in [1.82, 2.24) is 9.78 Å². The predicted molar refractivity (Wildman–Crippen MR) is 100 cm³/mol. The number of nitrogens with one attached hydrogen (secondary N) is 1. The van der Waals surface area contributed by atoms with Gasteiger partial charge < -0.3 is 18.9 Å². The minimum absolute atomic E-state index is 0.00983. The maximum atomic E-state index is 12.4. The predicted octanol–water partition coefficient (Wildman–Crippen LogP) is 3.53. The number of hydrogen-bond acceptors (Lipinski definition) is 6. The number of aromatic nitrogens is 2. The number of ether oxygens (including phenoxy) is 1. The number of nitrogens with zero attached hydrogens (tertiary/aromatic N) is 2. The molecule has 2 aromatic carbocycles. The molecule has 28 heavy (non-hydrogen) atoms. The average Bonchev–Trinajstić information content (AvgIpc) is 3.35. The number of benzene rings is 2. The lowest BCUT2D eigenvalue weighted by molar-refractivity contribution is -0.117. The van der Waals surface area contributed by atoms with Crippen molar-refractivity contribution >= 4 is 11.6 Å². The summed E-state index contributed by atoms with van der Waals surface area (Å²) < 4.78 is 16.9. The first kappa shape index (κ1) is 17.3. The Hall–Kier alpha value is -4.07. The third-order valence-corrected chi connectivity index (χ3v) is 3.76. The summed E-state index contributed by atoms with van der Waals surface area (Å²) in [7, 11) is 0. The Morgan fingerprint density at radius 2 is 1.82 bits per heavy atom. The van der Waals surface area contributed by atoms with Crippen molar-refractivity contribution in [3.8, 4) is 23.1 Å². The van der Waals surface area contributed by atoms with Crippen molar-refractivity contribution in [2.45, 2.75) is 6.54 Å². The van der Waals surface area contributed by atoms with Gasteiger partial charge in [0.05, 0.1) is 12.0 Å². The van der Waals surface area contributed by atoms with E-state index in [0.29, 0.717) is 22.9 Å². The van der Waals surface area contributed by atoms with Crippen LogP contribution in [0.25, 0.3) is 11.7 Å². The molecule has 0 unspecified atom stereocenters. The SMILES string of the molecule is O=C(Cn1nc(-c2ccco2)oc1=O)Nc1ccccc1Oc1ccccc1. The van der Waals surface area contributed by atoms with E-state index in [4.69, 9.17) is 13.6 Å². The number of hydrogen-bond donors (Lipinski definition) is 1. The second kappa shape index (κ2) is 7.67. The highest BCUT2D eigenvalue weighted by Crippen LogP contribution is 2.29. The fraction of sp³-hybridized carbons (Fsp3) is 0.0500. The molecule has 140 valence electrons. The first-order chi connectivity index (χ1) is 13.7. The van der Waals surface area contributed by atoms with E-state index in [1.165, 1.54) is 6.26 Å². The number of amides is 1. The Kier molecular flexibility index (Phi) is 4.75. The van der Waals surface area contributed by atoms with E-state index in [0.717, 1.165) is 4.68 Å². The van der Waals surface area contributed by atoms with Crippen molar-refractivity contribution in [1.29, 1.82) is 0 Å². The summed E-state index contributed by atoms with van der Waals surface area (Å²) >= 11 is 0. The lowest BCUT2D eigenvalue weighted by Crippen LogP contribution is -2.26. The maximum Gasteiger partial charge on any atom is 0.437 e.